The molecule has 0 aliphatic carbocycles. The molecule has 9 heteroatoms. The molecule has 0 fully saturated rings. The molecule has 28 heavy (non-hydrogen) atoms. The zero-order valence-electron chi connectivity index (χ0n) is 13.8. The fourth-order valence-electron chi connectivity index (χ4n) is 2.32. The Labute approximate surface area is 155 Å². The second-order valence-electron chi connectivity index (χ2n) is 5.41. The van der Waals surface area contributed by atoms with Crippen LogP contribution in [0.5, 0.6) is 17.4 Å². The average Bonchev–Trinajstić information content (AvgIpc) is 2.64. The van der Waals surface area contributed by atoms with Gasteiger partial charge in [0.1, 0.15) is 0 Å². The molecule has 0 unspecified atom stereocenters. The number of hydrogen-bond donors (Lipinski definition) is 0. The van der Waals surface area contributed by atoms with E-state index < -0.39 is 29.6 Å². The third-order valence-electron chi connectivity index (χ3n) is 3.53. The molecule has 2 aromatic carbocycles. The molecule has 0 atom stereocenters. The van der Waals surface area contributed by atoms with Crippen molar-refractivity contribution >= 4 is 6.29 Å². The molecule has 0 bridgehead atoms. The molecule has 0 aliphatic rings. The van der Waals surface area contributed by atoms with Crippen molar-refractivity contribution in [3.05, 3.63) is 71.8 Å². The van der Waals surface area contributed by atoms with Crippen molar-refractivity contribution < 1.29 is 36.2 Å². The summed E-state index contributed by atoms with van der Waals surface area (Å²) >= 11 is 0. The fraction of sp³-hybridized carbons (Fsp3) is 0.0526. The van der Waals surface area contributed by atoms with E-state index in [9.17, 15) is 26.7 Å². The third kappa shape index (κ3) is 4.25. The molecular formula is C19H10F5NO3. The number of hydrogen-bond acceptors (Lipinski definition) is 4. The largest absolute Gasteiger partial charge is 0.573 e. The Morgan fingerprint density at radius 1 is 0.893 bits per heavy atom. The van der Waals surface area contributed by atoms with Crippen LogP contribution in [0.25, 0.3) is 11.3 Å². The van der Waals surface area contributed by atoms with E-state index in [2.05, 4.69) is 9.72 Å². The minimum absolute atomic E-state index is 0.0770. The number of carbonyl (C=O) groups is 1. The molecule has 1 heterocycles. The van der Waals surface area contributed by atoms with Crippen LogP contribution >= 0.6 is 0 Å². The molecule has 3 aromatic rings. The van der Waals surface area contributed by atoms with E-state index in [0.29, 0.717) is 6.29 Å². The highest BCUT2D eigenvalue weighted by atomic mass is 19.4. The van der Waals surface area contributed by atoms with E-state index in [-0.39, 0.29) is 22.6 Å². The van der Waals surface area contributed by atoms with Gasteiger partial charge in [-0.15, -0.1) is 13.2 Å². The summed E-state index contributed by atoms with van der Waals surface area (Å²) in [5, 5.41) is 0. The second-order valence-corrected chi connectivity index (χ2v) is 5.41. The summed E-state index contributed by atoms with van der Waals surface area (Å²) in [6, 6.07) is 10.8. The van der Waals surface area contributed by atoms with Crippen LogP contribution in [-0.2, 0) is 0 Å². The maximum absolute atomic E-state index is 14.0. The Balaban J connectivity index is 2.03. The molecule has 0 amide bonds. The lowest BCUT2D eigenvalue weighted by molar-refractivity contribution is -0.275. The van der Waals surface area contributed by atoms with Crippen molar-refractivity contribution in [3.63, 3.8) is 0 Å². The summed E-state index contributed by atoms with van der Waals surface area (Å²) < 4.78 is 74.3. The van der Waals surface area contributed by atoms with Gasteiger partial charge >= 0.3 is 6.36 Å². The van der Waals surface area contributed by atoms with Crippen LogP contribution in [0, 0.1) is 11.6 Å². The highest BCUT2D eigenvalue weighted by Crippen LogP contribution is 2.36. The normalized spacial score (nSPS) is 11.2. The lowest BCUT2D eigenvalue weighted by Crippen LogP contribution is -2.17. The van der Waals surface area contributed by atoms with Gasteiger partial charge in [-0.3, -0.25) is 4.79 Å². The van der Waals surface area contributed by atoms with Gasteiger partial charge in [-0.05, 0) is 36.4 Å². The number of para-hydroxylation sites is 2. The van der Waals surface area contributed by atoms with Crippen LogP contribution in [0.1, 0.15) is 10.4 Å². The van der Waals surface area contributed by atoms with Gasteiger partial charge in [0.2, 0.25) is 5.88 Å². The number of halogens is 5. The van der Waals surface area contributed by atoms with Crippen molar-refractivity contribution in [2.24, 2.45) is 0 Å². The van der Waals surface area contributed by atoms with E-state index in [0.717, 1.165) is 12.1 Å². The van der Waals surface area contributed by atoms with Gasteiger partial charge in [0.25, 0.3) is 0 Å². The number of nitrogens with zero attached hydrogens (tertiary/aromatic N) is 1. The molecule has 4 nitrogen and oxygen atoms in total. The summed E-state index contributed by atoms with van der Waals surface area (Å²) in [6.07, 6.45) is -4.60. The molecule has 0 saturated heterocycles. The molecule has 0 aliphatic heterocycles. The SMILES string of the molecule is O=Cc1ccc(-c2cccc(F)c2F)nc1Oc1ccccc1OC(F)(F)F. The summed E-state index contributed by atoms with van der Waals surface area (Å²) in [5.74, 6) is -3.69. The third-order valence-corrected chi connectivity index (χ3v) is 3.53. The number of pyridine rings is 1. The predicted molar refractivity (Wildman–Crippen MR) is 88.2 cm³/mol. The molecule has 0 saturated carbocycles. The number of aromatic nitrogens is 1. The first-order chi connectivity index (χ1) is 13.3. The highest BCUT2D eigenvalue weighted by Gasteiger charge is 2.32. The minimum Gasteiger partial charge on any atom is -0.434 e. The average molecular weight is 395 g/mol. The second kappa shape index (κ2) is 7.63. The molecule has 0 radical (unpaired) electrons. The molecule has 0 N–H and O–H groups in total. The maximum Gasteiger partial charge on any atom is 0.573 e. The summed E-state index contributed by atoms with van der Waals surface area (Å²) in [4.78, 5) is 15.2. The number of carbonyl (C=O) groups excluding carboxylic acids is 1. The zero-order chi connectivity index (χ0) is 20.3. The Kier molecular flexibility index (Phi) is 5.25. The van der Waals surface area contributed by atoms with Gasteiger partial charge in [0.15, 0.2) is 29.4 Å². The first kappa shape index (κ1) is 19.3. The van der Waals surface area contributed by atoms with Crippen LogP contribution in [-0.4, -0.2) is 17.6 Å². The van der Waals surface area contributed by atoms with Crippen molar-refractivity contribution in [2.75, 3.05) is 0 Å². The lowest BCUT2D eigenvalue weighted by Gasteiger charge is -2.14. The summed E-state index contributed by atoms with van der Waals surface area (Å²) in [5.41, 5.74) is -0.392. The fourth-order valence-corrected chi connectivity index (χ4v) is 2.32. The van der Waals surface area contributed by atoms with Gasteiger partial charge < -0.3 is 9.47 Å². The van der Waals surface area contributed by atoms with E-state index in [4.69, 9.17) is 4.74 Å². The Morgan fingerprint density at radius 3 is 2.29 bits per heavy atom. The van der Waals surface area contributed by atoms with Gasteiger partial charge in [0.05, 0.1) is 11.3 Å². The summed E-state index contributed by atoms with van der Waals surface area (Å²) in [6.45, 7) is 0. The van der Waals surface area contributed by atoms with E-state index in [1.165, 1.54) is 42.5 Å². The molecule has 1 aromatic heterocycles. The lowest BCUT2D eigenvalue weighted by atomic mass is 10.1. The van der Waals surface area contributed by atoms with Crippen molar-refractivity contribution in [2.45, 2.75) is 6.36 Å². The van der Waals surface area contributed by atoms with Gasteiger partial charge in [0, 0.05) is 5.56 Å². The van der Waals surface area contributed by atoms with Crippen molar-refractivity contribution in [1.82, 2.24) is 4.98 Å². The predicted octanol–water partition coefficient (Wildman–Crippen LogP) is 5.53. The van der Waals surface area contributed by atoms with Crippen LogP contribution in [0.3, 0.4) is 0 Å². The monoisotopic (exact) mass is 395 g/mol. The van der Waals surface area contributed by atoms with Gasteiger partial charge in [-0.1, -0.05) is 18.2 Å². The van der Waals surface area contributed by atoms with E-state index in [1.807, 2.05) is 0 Å². The molecule has 144 valence electrons. The number of alkyl halides is 3. The summed E-state index contributed by atoms with van der Waals surface area (Å²) in [7, 11) is 0. The number of benzene rings is 2. The van der Waals surface area contributed by atoms with Crippen LogP contribution in [0.4, 0.5) is 22.0 Å². The zero-order valence-corrected chi connectivity index (χ0v) is 13.8. The first-order valence-corrected chi connectivity index (χ1v) is 7.72. The van der Waals surface area contributed by atoms with E-state index >= 15 is 0 Å². The van der Waals surface area contributed by atoms with Gasteiger partial charge in [-0.25, -0.2) is 13.8 Å². The van der Waals surface area contributed by atoms with Crippen molar-refractivity contribution in [3.8, 4) is 28.6 Å². The van der Waals surface area contributed by atoms with Crippen LogP contribution in [0.2, 0.25) is 0 Å². The smallest absolute Gasteiger partial charge is 0.434 e. The highest BCUT2D eigenvalue weighted by molar-refractivity contribution is 5.79. The van der Waals surface area contributed by atoms with Crippen LogP contribution in [0.15, 0.2) is 54.6 Å². The number of rotatable bonds is 5. The standard InChI is InChI=1S/C19H10F5NO3/c20-13-5-3-4-12(17(13)21)14-9-8-11(10-26)18(25-14)27-15-6-1-2-7-16(15)28-19(22,23)24/h1-10H. The van der Waals surface area contributed by atoms with Gasteiger partial charge in [-0.2, -0.15) is 0 Å². The number of aldehydes is 1. The van der Waals surface area contributed by atoms with E-state index in [1.54, 1.807) is 0 Å². The van der Waals surface area contributed by atoms with Crippen LogP contribution < -0.4 is 9.47 Å². The molecule has 3 rings (SSSR count). The first-order valence-electron chi connectivity index (χ1n) is 7.72. The molecular weight excluding hydrogens is 385 g/mol. The Bertz CT molecular complexity index is 1020. The van der Waals surface area contributed by atoms with Crippen molar-refractivity contribution in [1.29, 1.82) is 0 Å². The topological polar surface area (TPSA) is 48.4 Å². The number of ether oxygens (including phenoxy) is 2. The Morgan fingerprint density at radius 2 is 1.61 bits per heavy atom. The maximum atomic E-state index is 14.0. The minimum atomic E-state index is -4.97. The molecule has 0 spiro atoms. The quantitative estimate of drug-likeness (QED) is 0.421. The Hall–Kier alpha value is -3.49.